The molecular formula is C21H22N2O2. The number of aryl methyl sites for hydroxylation is 2. The molecule has 4 heteroatoms. The molecule has 0 atom stereocenters. The van der Waals surface area contributed by atoms with Crippen LogP contribution < -0.4 is 10.1 Å². The van der Waals surface area contributed by atoms with E-state index in [0.29, 0.717) is 12.1 Å². The zero-order chi connectivity index (χ0) is 17.8. The fraction of sp³-hybridized carbons (Fsp3) is 0.238. The van der Waals surface area contributed by atoms with E-state index in [1.807, 2.05) is 62.4 Å². The molecule has 0 aliphatic rings. The Morgan fingerprint density at radius 3 is 2.56 bits per heavy atom. The number of nitrogens with one attached hydrogen (secondary N) is 1. The van der Waals surface area contributed by atoms with Crippen LogP contribution in [0, 0.1) is 13.8 Å². The van der Waals surface area contributed by atoms with Gasteiger partial charge < -0.3 is 10.1 Å². The van der Waals surface area contributed by atoms with Gasteiger partial charge in [-0.1, -0.05) is 23.8 Å². The Kier molecular flexibility index (Phi) is 4.98. The molecule has 0 aliphatic heterocycles. The van der Waals surface area contributed by atoms with Crippen LogP contribution in [0.2, 0.25) is 0 Å². The standard InChI is InChI=1S/C21H22N2O2/c1-14-4-9-20-18(12-14)19(13-15(2)23-20)21(24)22-11-10-16-5-7-17(25-3)8-6-16/h4-9,12-13H,10-11H2,1-3H3,(H,22,24). The molecule has 1 aromatic heterocycles. The highest BCUT2D eigenvalue weighted by atomic mass is 16.5. The SMILES string of the molecule is COc1ccc(CCNC(=O)c2cc(C)nc3ccc(C)cc23)cc1. The molecule has 0 aliphatic carbocycles. The van der Waals surface area contributed by atoms with Crippen molar-refractivity contribution in [2.24, 2.45) is 0 Å². The zero-order valence-electron chi connectivity index (χ0n) is 14.8. The molecule has 0 fully saturated rings. The Labute approximate surface area is 147 Å². The Hall–Kier alpha value is -2.88. The summed E-state index contributed by atoms with van der Waals surface area (Å²) in [5.74, 6) is 0.775. The summed E-state index contributed by atoms with van der Waals surface area (Å²) in [6, 6.07) is 15.7. The molecule has 0 saturated carbocycles. The highest BCUT2D eigenvalue weighted by Gasteiger charge is 2.12. The van der Waals surface area contributed by atoms with Gasteiger partial charge in [-0.15, -0.1) is 0 Å². The Morgan fingerprint density at radius 2 is 1.84 bits per heavy atom. The highest BCUT2D eigenvalue weighted by molar-refractivity contribution is 6.06. The molecule has 4 nitrogen and oxygen atoms in total. The lowest BCUT2D eigenvalue weighted by Crippen LogP contribution is -2.26. The van der Waals surface area contributed by atoms with E-state index < -0.39 is 0 Å². The van der Waals surface area contributed by atoms with Gasteiger partial charge in [-0.2, -0.15) is 0 Å². The van der Waals surface area contributed by atoms with Gasteiger partial charge in [0.2, 0.25) is 0 Å². The molecule has 0 radical (unpaired) electrons. The fourth-order valence-electron chi connectivity index (χ4n) is 2.87. The van der Waals surface area contributed by atoms with Crippen molar-refractivity contribution in [1.82, 2.24) is 10.3 Å². The summed E-state index contributed by atoms with van der Waals surface area (Å²) in [5.41, 5.74) is 4.65. The van der Waals surface area contributed by atoms with Crippen molar-refractivity contribution < 1.29 is 9.53 Å². The number of methoxy groups -OCH3 is 1. The number of amides is 1. The molecule has 0 unspecified atom stereocenters. The van der Waals surface area contributed by atoms with E-state index in [0.717, 1.165) is 39.9 Å². The lowest BCUT2D eigenvalue weighted by molar-refractivity contribution is 0.0955. The van der Waals surface area contributed by atoms with E-state index in [9.17, 15) is 4.79 Å². The minimum absolute atomic E-state index is 0.0605. The van der Waals surface area contributed by atoms with Crippen molar-refractivity contribution >= 4 is 16.8 Å². The second-order valence-corrected chi connectivity index (χ2v) is 6.19. The number of hydrogen-bond donors (Lipinski definition) is 1. The van der Waals surface area contributed by atoms with Crippen LogP contribution in [0.1, 0.15) is 27.2 Å². The summed E-state index contributed by atoms with van der Waals surface area (Å²) < 4.78 is 5.16. The lowest BCUT2D eigenvalue weighted by atomic mass is 10.0. The number of benzene rings is 2. The highest BCUT2D eigenvalue weighted by Crippen LogP contribution is 2.20. The summed E-state index contributed by atoms with van der Waals surface area (Å²) >= 11 is 0. The zero-order valence-corrected chi connectivity index (χ0v) is 14.8. The van der Waals surface area contributed by atoms with E-state index in [1.165, 1.54) is 0 Å². The summed E-state index contributed by atoms with van der Waals surface area (Å²) in [7, 11) is 1.65. The number of nitrogens with zero attached hydrogens (tertiary/aromatic N) is 1. The first-order valence-electron chi connectivity index (χ1n) is 8.36. The average Bonchev–Trinajstić information content (AvgIpc) is 2.62. The Bertz CT molecular complexity index is 902. The summed E-state index contributed by atoms with van der Waals surface area (Å²) in [5, 5.41) is 3.91. The molecule has 1 heterocycles. The van der Waals surface area contributed by atoms with Gasteiger partial charge in [-0.3, -0.25) is 9.78 Å². The minimum Gasteiger partial charge on any atom is -0.497 e. The van der Waals surface area contributed by atoms with Crippen molar-refractivity contribution in [3.05, 3.63) is 70.9 Å². The third-order valence-electron chi connectivity index (χ3n) is 4.20. The Morgan fingerprint density at radius 1 is 1.08 bits per heavy atom. The van der Waals surface area contributed by atoms with Gasteiger partial charge in [0.25, 0.3) is 5.91 Å². The molecular weight excluding hydrogens is 312 g/mol. The van der Waals surface area contributed by atoms with Gasteiger partial charge in [0.05, 0.1) is 18.2 Å². The molecule has 0 saturated heterocycles. The smallest absolute Gasteiger partial charge is 0.252 e. The van der Waals surface area contributed by atoms with Gasteiger partial charge in [0.15, 0.2) is 0 Å². The summed E-state index contributed by atoms with van der Waals surface area (Å²) in [6.07, 6.45) is 0.775. The van der Waals surface area contributed by atoms with E-state index in [2.05, 4.69) is 10.3 Å². The van der Waals surface area contributed by atoms with E-state index in [4.69, 9.17) is 4.74 Å². The first-order chi connectivity index (χ1) is 12.1. The van der Waals surface area contributed by atoms with E-state index >= 15 is 0 Å². The van der Waals surface area contributed by atoms with Gasteiger partial charge in [0.1, 0.15) is 5.75 Å². The lowest BCUT2D eigenvalue weighted by Gasteiger charge is -2.10. The van der Waals surface area contributed by atoms with Crippen molar-refractivity contribution in [3.63, 3.8) is 0 Å². The Balaban J connectivity index is 1.72. The number of ether oxygens (including phenoxy) is 1. The van der Waals surface area contributed by atoms with Crippen LogP contribution >= 0.6 is 0 Å². The minimum atomic E-state index is -0.0605. The van der Waals surface area contributed by atoms with Crippen LogP contribution in [0.3, 0.4) is 0 Å². The van der Waals surface area contributed by atoms with Crippen molar-refractivity contribution in [2.45, 2.75) is 20.3 Å². The first-order valence-corrected chi connectivity index (χ1v) is 8.36. The predicted molar refractivity (Wildman–Crippen MR) is 100 cm³/mol. The van der Waals surface area contributed by atoms with Crippen LogP contribution in [0.25, 0.3) is 10.9 Å². The van der Waals surface area contributed by atoms with Crippen molar-refractivity contribution in [1.29, 1.82) is 0 Å². The molecule has 3 aromatic rings. The third-order valence-corrected chi connectivity index (χ3v) is 4.20. The average molecular weight is 334 g/mol. The van der Waals surface area contributed by atoms with Gasteiger partial charge >= 0.3 is 0 Å². The van der Waals surface area contributed by atoms with Gasteiger partial charge in [-0.25, -0.2) is 0 Å². The van der Waals surface area contributed by atoms with Crippen LogP contribution in [-0.4, -0.2) is 24.5 Å². The number of pyridine rings is 1. The number of fused-ring (bicyclic) bond motifs is 1. The molecule has 25 heavy (non-hydrogen) atoms. The van der Waals surface area contributed by atoms with Crippen LogP contribution in [0.5, 0.6) is 5.75 Å². The number of hydrogen-bond acceptors (Lipinski definition) is 3. The second kappa shape index (κ2) is 7.34. The maximum atomic E-state index is 12.7. The number of carbonyl (C=O) groups is 1. The number of rotatable bonds is 5. The predicted octanol–water partition coefficient (Wildman–Crippen LogP) is 3.83. The maximum absolute atomic E-state index is 12.7. The van der Waals surface area contributed by atoms with Crippen LogP contribution in [0.15, 0.2) is 48.5 Å². The van der Waals surface area contributed by atoms with E-state index in [1.54, 1.807) is 7.11 Å². The molecule has 0 spiro atoms. The maximum Gasteiger partial charge on any atom is 0.252 e. The van der Waals surface area contributed by atoms with Crippen molar-refractivity contribution in [3.8, 4) is 5.75 Å². The monoisotopic (exact) mass is 334 g/mol. The number of aromatic nitrogens is 1. The molecule has 3 rings (SSSR count). The van der Waals surface area contributed by atoms with Gasteiger partial charge in [-0.05, 0) is 56.2 Å². The third kappa shape index (κ3) is 3.97. The van der Waals surface area contributed by atoms with Crippen LogP contribution in [-0.2, 0) is 6.42 Å². The van der Waals surface area contributed by atoms with Crippen LogP contribution in [0.4, 0.5) is 0 Å². The normalized spacial score (nSPS) is 10.7. The first kappa shape index (κ1) is 17.0. The number of carbonyl (C=O) groups excluding carboxylic acids is 1. The summed E-state index contributed by atoms with van der Waals surface area (Å²) in [4.78, 5) is 17.2. The fourth-order valence-corrected chi connectivity index (χ4v) is 2.87. The van der Waals surface area contributed by atoms with E-state index in [-0.39, 0.29) is 5.91 Å². The topological polar surface area (TPSA) is 51.2 Å². The molecule has 1 N–H and O–H groups in total. The second-order valence-electron chi connectivity index (χ2n) is 6.19. The molecule has 128 valence electrons. The molecule has 2 aromatic carbocycles. The summed E-state index contributed by atoms with van der Waals surface area (Å²) in [6.45, 7) is 4.51. The van der Waals surface area contributed by atoms with Gasteiger partial charge in [0, 0.05) is 17.6 Å². The van der Waals surface area contributed by atoms with Crippen molar-refractivity contribution in [2.75, 3.05) is 13.7 Å². The quantitative estimate of drug-likeness (QED) is 0.771. The molecule has 1 amide bonds. The molecule has 0 bridgehead atoms. The largest absolute Gasteiger partial charge is 0.497 e.